The van der Waals surface area contributed by atoms with E-state index in [0.29, 0.717) is 0 Å². The lowest BCUT2D eigenvalue weighted by Crippen LogP contribution is -2.53. The van der Waals surface area contributed by atoms with Gasteiger partial charge in [0.25, 0.3) is 10.0 Å². The van der Waals surface area contributed by atoms with Crippen molar-refractivity contribution in [2.75, 3.05) is 13.7 Å². The van der Waals surface area contributed by atoms with E-state index in [0.717, 1.165) is 5.56 Å². The number of aromatic hydroxyl groups is 2. The van der Waals surface area contributed by atoms with Gasteiger partial charge in [0.15, 0.2) is 12.1 Å². The van der Waals surface area contributed by atoms with E-state index in [-0.39, 0.29) is 39.3 Å². The van der Waals surface area contributed by atoms with Crippen molar-refractivity contribution in [3.05, 3.63) is 81.4 Å². The van der Waals surface area contributed by atoms with Gasteiger partial charge < -0.3 is 45.5 Å². The maximum absolute atomic E-state index is 13.9. The standard InChI is InChI=1S/C34H37N3O12S/c1-15-7-9-17(10-8-15)50(45,46)37-36-23(14-38)34(44)12-19-26(22(13-34)49-24-11-20(35)29(39)16(2)48-24)33(43)28-27(31(19)41)30(40)18-5-4-6-21(47-3)25(18)32(28)42/h4-10,16,20,22,24,29,37-39,41,43-44H,11-14,35H2,1-3H3/b36-23+/t16?,20?,22-,24?,29?,34-/m0/s1. The third-order valence-corrected chi connectivity index (χ3v) is 10.7. The van der Waals surface area contributed by atoms with Crippen molar-refractivity contribution in [3.8, 4) is 17.2 Å². The number of nitrogens with one attached hydrogen (secondary N) is 1. The van der Waals surface area contributed by atoms with Crippen molar-refractivity contribution in [2.24, 2.45) is 10.8 Å². The van der Waals surface area contributed by atoms with Crippen LogP contribution in [0.25, 0.3) is 0 Å². The molecule has 4 unspecified atom stereocenters. The Labute approximate surface area is 287 Å². The van der Waals surface area contributed by atoms with Crippen LogP contribution in [0.2, 0.25) is 0 Å². The minimum absolute atomic E-state index is 0.0350. The van der Waals surface area contributed by atoms with Crippen LogP contribution in [0.15, 0.2) is 52.5 Å². The maximum Gasteiger partial charge on any atom is 0.276 e. The number of nitrogens with two attached hydrogens (primary N) is 1. The number of benzene rings is 3. The van der Waals surface area contributed by atoms with Crippen molar-refractivity contribution in [3.63, 3.8) is 0 Å². The summed E-state index contributed by atoms with van der Waals surface area (Å²) < 4.78 is 43.4. The molecule has 1 heterocycles. The van der Waals surface area contributed by atoms with Gasteiger partial charge in [-0.05, 0) is 32.0 Å². The minimum Gasteiger partial charge on any atom is -0.507 e. The topological polar surface area (TPSA) is 248 Å². The van der Waals surface area contributed by atoms with Crippen LogP contribution in [0.5, 0.6) is 17.2 Å². The molecule has 8 N–H and O–H groups in total. The fourth-order valence-electron chi connectivity index (χ4n) is 6.78. The number of hydrazone groups is 1. The van der Waals surface area contributed by atoms with E-state index >= 15 is 0 Å². The SMILES string of the molecule is COc1cccc2c1C(=O)c1c(O)c3c(c(O)c1C2=O)C[C@@](O)(/C(CO)=N/NS(=O)(=O)c1ccc(C)cc1)C[C@@H]3OC1CC(N)C(O)C(C)O1. The number of phenolic OH excluding ortho intramolecular Hbond substituents is 2. The molecule has 15 nitrogen and oxygen atoms in total. The van der Waals surface area contributed by atoms with Crippen LogP contribution in [0.3, 0.4) is 0 Å². The van der Waals surface area contributed by atoms with E-state index in [2.05, 4.69) is 5.10 Å². The van der Waals surface area contributed by atoms with E-state index in [1.807, 2.05) is 4.83 Å². The molecular weight excluding hydrogens is 674 g/mol. The number of phenols is 2. The van der Waals surface area contributed by atoms with Crippen LogP contribution in [-0.4, -0.2) is 95.1 Å². The monoisotopic (exact) mass is 711 g/mol. The molecule has 1 aliphatic heterocycles. The van der Waals surface area contributed by atoms with E-state index in [1.165, 1.54) is 37.4 Å². The predicted molar refractivity (Wildman–Crippen MR) is 176 cm³/mol. The highest BCUT2D eigenvalue weighted by Crippen LogP contribution is 2.52. The summed E-state index contributed by atoms with van der Waals surface area (Å²) in [6.45, 7) is 2.38. The van der Waals surface area contributed by atoms with E-state index in [4.69, 9.17) is 19.9 Å². The molecule has 50 heavy (non-hydrogen) atoms. The molecule has 3 aliphatic rings. The summed E-state index contributed by atoms with van der Waals surface area (Å²) in [5, 5.41) is 60.2. The Kier molecular flexibility index (Phi) is 9.23. The van der Waals surface area contributed by atoms with Gasteiger partial charge in [-0.25, -0.2) is 0 Å². The molecule has 0 radical (unpaired) electrons. The number of methoxy groups -OCH3 is 1. The van der Waals surface area contributed by atoms with Crippen molar-refractivity contribution in [1.29, 1.82) is 0 Å². The summed E-state index contributed by atoms with van der Waals surface area (Å²) in [4.78, 5) is 29.6. The number of carbonyl (C=O) groups excluding carboxylic acids is 2. The zero-order chi connectivity index (χ0) is 36.3. The average molecular weight is 712 g/mol. The Morgan fingerprint density at radius 1 is 1.08 bits per heavy atom. The highest BCUT2D eigenvalue weighted by atomic mass is 32.2. The number of sulfonamides is 1. The molecule has 0 spiro atoms. The summed E-state index contributed by atoms with van der Waals surface area (Å²) in [6.07, 6.45) is -5.51. The number of rotatable bonds is 8. The molecular formula is C34H37N3O12S. The molecule has 6 rings (SSSR count). The van der Waals surface area contributed by atoms with E-state index in [1.54, 1.807) is 26.0 Å². The second kappa shape index (κ2) is 13.0. The molecule has 0 amide bonds. The number of fused-ring (bicyclic) bond motifs is 3. The van der Waals surface area contributed by atoms with Crippen LogP contribution in [0.4, 0.5) is 0 Å². The maximum atomic E-state index is 13.9. The van der Waals surface area contributed by atoms with Crippen LogP contribution in [0.1, 0.15) is 74.4 Å². The second-order valence-electron chi connectivity index (χ2n) is 12.7. The van der Waals surface area contributed by atoms with E-state index in [9.17, 15) is 43.5 Å². The van der Waals surface area contributed by atoms with Crippen LogP contribution in [0, 0.1) is 6.92 Å². The first-order chi connectivity index (χ1) is 23.6. The van der Waals surface area contributed by atoms with Gasteiger partial charge in [0.2, 0.25) is 5.78 Å². The van der Waals surface area contributed by atoms with Crippen molar-refractivity contribution < 1.29 is 57.8 Å². The molecule has 266 valence electrons. The molecule has 1 fully saturated rings. The lowest BCUT2D eigenvalue weighted by Gasteiger charge is -2.43. The third kappa shape index (κ3) is 5.91. The van der Waals surface area contributed by atoms with Gasteiger partial charge in [-0.1, -0.05) is 29.8 Å². The van der Waals surface area contributed by atoms with Gasteiger partial charge in [0, 0.05) is 42.0 Å². The van der Waals surface area contributed by atoms with Gasteiger partial charge >= 0.3 is 0 Å². The Morgan fingerprint density at radius 3 is 2.40 bits per heavy atom. The lowest BCUT2D eigenvalue weighted by molar-refractivity contribution is -0.245. The molecule has 0 saturated carbocycles. The molecule has 3 aromatic carbocycles. The molecule has 0 bridgehead atoms. The smallest absolute Gasteiger partial charge is 0.276 e. The summed E-state index contributed by atoms with van der Waals surface area (Å²) in [6, 6.07) is 9.40. The van der Waals surface area contributed by atoms with Crippen LogP contribution < -0.4 is 15.3 Å². The summed E-state index contributed by atoms with van der Waals surface area (Å²) in [7, 11) is -2.96. The average Bonchev–Trinajstić information content (AvgIpc) is 3.07. The molecule has 16 heteroatoms. The third-order valence-electron chi connectivity index (χ3n) is 9.46. The normalized spacial score (nSPS) is 26.5. The first-order valence-electron chi connectivity index (χ1n) is 15.7. The lowest BCUT2D eigenvalue weighted by atomic mass is 9.71. The summed E-state index contributed by atoms with van der Waals surface area (Å²) in [5.41, 5.74) is 2.57. The summed E-state index contributed by atoms with van der Waals surface area (Å²) >= 11 is 0. The van der Waals surface area contributed by atoms with Crippen LogP contribution >= 0.6 is 0 Å². The fraction of sp³-hybridized carbons (Fsp3) is 0.382. The van der Waals surface area contributed by atoms with Crippen molar-refractivity contribution >= 4 is 27.3 Å². The first-order valence-corrected chi connectivity index (χ1v) is 17.2. The number of nitrogens with zero attached hydrogens (tertiary/aromatic N) is 1. The highest BCUT2D eigenvalue weighted by molar-refractivity contribution is 7.89. The Balaban J connectivity index is 1.48. The van der Waals surface area contributed by atoms with E-state index < -0.39 is 106 Å². The Hall–Kier alpha value is -4.42. The fourth-order valence-corrected chi connectivity index (χ4v) is 7.61. The Bertz CT molecular complexity index is 2000. The Morgan fingerprint density at radius 2 is 1.76 bits per heavy atom. The minimum atomic E-state index is -4.27. The predicted octanol–water partition coefficient (Wildman–Crippen LogP) is 1.08. The molecule has 0 aromatic heterocycles. The molecule has 1 saturated heterocycles. The van der Waals surface area contributed by atoms with Gasteiger partial charge in [-0.15, -0.1) is 0 Å². The largest absolute Gasteiger partial charge is 0.507 e. The number of aliphatic hydroxyl groups is 3. The zero-order valence-corrected chi connectivity index (χ0v) is 28.1. The number of aliphatic hydroxyl groups excluding tert-OH is 2. The number of ketones is 2. The van der Waals surface area contributed by atoms with Crippen molar-refractivity contribution in [2.45, 2.75) is 74.3 Å². The molecule has 6 atom stereocenters. The zero-order valence-electron chi connectivity index (χ0n) is 27.3. The number of ether oxygens (including phenoxy) is 3. The number of aryl methyl sites for hydroxylation is 1. The number of carbonyl (C=O) groups is 2. The molecule has 2 aliphatic carbocycles. The number of hydrogen-bond acceptors (Lipinski definition) is 14. The van der Waals surface area contributed by atoms with Crippen LogP contribution in [-0.2, 0) is 25.9 Å². The number of hydrogen-bond donors (Lipinski definition) is 7. The first kappa shape index (κ1) is 35.4. The highest BCUT2D eigenvalue weighted by Gasteiger charge is 2.49. The summed E-state index contributed by atoms with van der Waals surface area (Å²) in [5.74, 6) is -2.99. The van der Waals surface area contributed by atoms with Crippen molar-refractivity contribution in [1.82, 2.24) is 4.83 Å². The van der Waals surface area contributed by atoms with Gasteiger partial charge in [0.1, 0.15) is 22.8 Å². The molecule has 3 aromatic rings. The second-order valence-corrected chi connectivity index (χ2v) is 14.4. The quantitative estimate of drug-likeness (QED) is 0.0769. The van der Waals surface area contributed by atoms with Gasteiger partial charge in [0.05, 0.1) is 59.3 Å². The van der Waals surface area contributed by atoms with Gasteiger partial charge in [-0.2, -0.15) is 18.4 Å². The van der Waals surface area contributed by atoms with Gasteiger partial charge in [-0.3, -0.25) is 9.59 Å².